The Morgan fingerprint density at radius 1 is 1.53 bits per heavy atom. The van der Waals surface area contributed by atoms with Gasteiger partial charge in [0, 0.05) is 6.42 Å². The van der Waals surface area contributed by atoms with E-state index < -0.39 is 0 Å². The second-order valence-corrected chi connectivity index (χ2v) is 4.65. The summed E-state index contributed by atoms with van der Waals surface area (Å²) in [5.41, 5.74) is 1.72. The fraction of sp³-hybridized carbons (Fsp3) is 0.500. The predicted octanol–water partition coefficient (Wildman–Crippen LogP) is 2.82. The van der Waals surface area contributed by atoms with Gasteiger partial charge in [-0.05, 0) is 36.6 Å². The summed E-state index contributed by atoms with van der Waals surface area (Å²) in [4.78, 5) is 11.6. The molecule has 0 saturated carbocycles. The summed E-state index contributed by atoms with van der Waals surface area (Å²) in [6, 6.07) is 5.51. The highest BCUT2D eigenvalue weighted by molar-refractivity contribution is 5.89. The second-order valence-electron chi connectivity index (χ2n) is 4.65. The van der Waals surface area contributed by atoms with Crippen LogP contribution in [-0.2, 0) is 11.2 Å². The molecule has 2 rings (SSSR count). The van der Waals surface area contributed by atoms with Gasteiger partial charge in [0.15, 0.2) is 0 Å². The number of hydrogen-bond acceptors (Lipinski definition) is 3. The average molecular weight is 234 g/mol. The molecule has 1 aromatic carbocycles. The quantitative estimate of drug-likeness (QED) is 0.754. The van der Waals surface area contributed by atoms with Crippen molar-refractivity contribution in [3.63, 3.8) is 0 Å². The van der Waals surface area contributed by atoms with Crippen LogP contribution in [0.5, 0.6) is 5.75 Å². The minimum atomic E-state index is -0.261. The first-order valence-electron chi connectivity index (χ1n) is 6.08. The van der Waals surface area contributed by atoms with Crippen molar-refractivity contribution in [1.29, 1.82) is 0 Å². The average Bonchev–Trinajstić information content (AvgIpc) is 2.71. The van der Waals surface area contributed by atoms with Crippen molar-refractivity contribution in [1.82, 2.24) is 0 Å². The minimum Gasteiger partial charge on any atom is -0.490 e. The summed E-state index contributed by atoms with van der Waals surface area (Å²) in [5.74, 6) is 1.12. The van der Waals surface area contributed by atoms with E-state index >= 15 is 0 Å². The smallest absolute Gasteiger partial charge is 0.338 e. The number of benzene rings is 1. The third kappa shape index (κ3) is 2.43. The van der Waals surface area contributed by atoms with Gasteiger partial charge < -0.3 is 9.47 Å². The van der Waals surface area contributed by atoms with Crippen LogP contribution in [0.4, 0.5) is 0 Å². The third-order valence-electron chi connectivity index (χ3n) is 3.01. The molecule has 1 aliphatic heterocycles. The van der Waals surface area contributed by atoms with E-state index in [1.165, 1.54) is 0 Å². The molecule has 0 radical (unpaired) electrons. The number of carbonyl (C=O) groups is 1. The molecule has 3 nitrogen and oxygen atoms in total. The summed E-state index contributed by atoms with van der Waals surface area (Å²) in [7, 11) is 0. The van der Waals surface area contributed by atoms with E-state index in [1.807, 2.05) is 19.1 Å². The van der Waals surface area contributed by atoms with Gasteiger partial charge in [-0.25, -0.2) is 4.79 Å². The van der Waals surface area contributed by atoms with Crippen LogP contribution >= 0.6 is 0 Å². The Bertz CT molecular complexity index is 423. The Hall–Kier alpha value is -1.51. The van der Waals surface area contributed by atoms with Crippen molar-refractivity contribution in [3.8, 4) is 5.75 Å². The molecular formula is C14H18O3. The van der Waals surface area contributed by atoms with E-state index in [0.29, 0.717) is 18.1 Å². The van der Waals surface area contributed by atoms with Crippen molar-refractivity contribution in [2.45, 2.75) is 33.3 Å². The van der Waals surface area contributed by atoms with Gasteiger partial charge in [0.05, 0.1) is 12.2 Å². The Morgan fingerprint density at radius 3 is 2.94 bits per heavy atom. The normalized spacial score (nSPS) is 17.8. The Kier molecular flexibility index (Phi) is 3.36. The summed E-state index contributed by atoms with van der Waals surface area (Å²) < 4.78 is 10.8. The maximum Gasteiger partial charge on any atom is 0.338 e. The van der Waals surface area contributed by atoms with Gasteiger partial charge in [0.25, 0.3) is 0 Å². The number of esters is 1. The molecule has 0 fully saturated rings. The van der Waals surface area contributed by atoms with Crippen molar-refractivity contribution in [2.75, 3.05) is 6.61 Å². The van der Waals surface area contributed by atoms with E-state index in [-0.39, 0.29) is 12.1 Å². The monoisotopic (exact) mass is 234 g/mol. The lowest BCUT2D eigenvalue weighted by molar-refractivity contribution is 0.0526. The van der Waals surface area contributed by atoms with E-state index in [1.54, 1.807) is 6.07 Å². The zero-order chi connectivity index (χ0) is 12.4. The first kappa shape index (κ1) is 12.0. The summed E-state index contributed by atoms with van der Waals surface area (Å²) >= 11 is 0. The second kappa shape index (κ2) is 4.78. The molecule has 0 bridgehead atoms. The molecule has 0 aromatic heterocycles. The molecule has 1 heterocycles. The van der Waals surface area contributed by atoms with Crippen LogP contribution in [0, 0.1) is 5.92 Å². The van der Waals surface area contributed by atoms with Crippen LogP contribution in [0.1, 0.15) is 36.7 Å². The van der Waals surface area contributed by atoms with Gasteiger partial charge >= 0.3 is 5.97 Å². The molecule has 92 valence electrons. The zero-order valence-corrected chi connectivity index (χ0v) is 10.5. The molecule has 0 aliphatic carbocycles. The van der Waals surface area contributed by atoms with Crippen molar-refractivity contribution in [2.24, 2.45) is 5.92 Å². The molecule has 1 aromatic rings. The molecule has 1 atom stereocenters. The van der Waals surface area contributed by atoms with E-state index in [2.05, 4.69) is 13.8 Å². The van der Waals surface area contributed by atoms with Crippen LogP contribution < -0.4 is 4.74 Å². The van der Waals surface area contributed by atoms with Gasteiger partial charge in [0.2, 0.25) is 0 Å². The topological polar surface area (TPSA) is 35.5 Å². The standard InChI is InChI=1S/C14H18O3/c1-4-16-14(15)10-5-6-12-11(7-10)8-13(17-12)9(2)3/h5-7,9,13H,4,8H2,1-3H3. The highest BCUT2D eigenvalue weighted by atomic mass is 16.5. The van der Waals surface area contributed by atoms with Crippen LogP contribution in [0.3, 0.4) is 0 Å². The lowest BCUT2D eigenvalue weighted by Crippen LogP contribution is -2.19. The minimum absolute atomic E-state index is 0.224. The SMILES string of the molecule is CCOC(=O)c1ccc2c(c1)CC(C(C)C)O2. The highest BCUT2D eigenvalue weighted by Gasteiger charge is 2.26. The lowest BCUT2D eigenvalue weighted by Gasteiger charge is -2.13. The summed E-state index contributed by atoms with van der Waals surface area (Å²) in [5, 5.41) is 0. The van der Waals surface area contributed by atoms with Gasteiger partial charge in [-0.1, -0.05) is 13.8 Å². The number of fused-ring (bicyclic) bond motifs is 1. The summed E-state index contributed by atoms with van der Waals surface area (Å²) in [6.07, 6.45) is 1.10. The van der Waals surface area contributed by atoms with Gasteiger partial charge in [-0.15, -0.1) is 0 Å². The van der Waals surface area contributed by atoms with Crippen molar-refractivity contribution in [3.05, 3.63) is 29.3 Å². The van der Waals surface area contributed by atoms with Crippen LogP contribution in [0.2, 0.25) is 0 Å². The predicted molar refractivity (Wildman–Crippen MR) is 65.4 cm³/mol. The molecule has 3 heteroatoms. The number of rotatable bonds is 3. The molecule has 0 amide bonds. The van der Waals surface area contributed by atoms with Crippen molar-refractivity contribution >= 4 is 5.97 Å². The fourth-order valence-corrected chi connectivity index (χ4v) is 1.99. The molecule has 17 heavy (non-hydrogen) atoms. The maximum atomic E-state index is 11.6. The fourth-order valence-electron chi connectivity index (χ4n) is 1.99. The highest BCUT2D eigenvalue weighted by Crippen LogP contribution is 2.32. The Balaban J connectivity index is 2.18. The van der Waals surface area contributed by atoms with Gasteiger partial charge in [0.1, 0.15) is 11.9 Å². The molecule has 0 saturated heterocycles. The Morgan fingerprint density at radius 2 is 2.29 bits per heavy atom. The number of hydrogen-bond donors (Lipinski definition) is 0. The third-order valence-corrected chi connectivity index (χ3v) is 3.01. The van der Waals surface area contributed by atoms with Crippen LogP contribution in [-0.4, -0.2) is 18.7 Å². The molecule has 0 N–H and O–H groups in total. The number of ether oxygens (including phenoxy) is 2. The molecule has 0 spiro atoms. The lowest BCUT2D eigenvalue weighted by atomic mass is 10.0. The van der Waals surface area contributed by atoms with Crippen LogP contribution in [0.25, 0.3) is 0 Å². The zero-order valence-electron chi connectivity index (χ0n) is 10.5. The van der Waals surface area contributed by atoms with E-state index in [4.69, 9.17) is 9.47 Å². The maximum absolute atomic E-state index is 11.6. The van der Waals surface area contributed by atoms with Crippen molar-refractivity contribution < 1.29 is 14.3 Å². The largest absolute Gasteiger partial charge is 0.490 e. The van der Waals surface area contributed by atoms with Gasteiger partial charge in [-0.3, -0.25) is 0 Å². The van der Waals surface area contributed by atoms with E-state index in [9.17, 15) is 4.79 Å². The number of carbonyl (C=O) groups excluding carboxylic acids is 1. The van der Waals surface area contributed by atoms with Crippen LogP contribution in [0.15, 0.2) is 18.2 Å². The molecule has 1 aliphatic rings. The first-order chi connectivity index (χ1) is 8.11. The molecule has 1 unspecified atom stereocenters. The van der Waals surface area contributed by atoms with E-state index in [0.717, 1.165) is 17.7 Å². The first-order valence-corrected chi connectivity index (χ1v) is 6.08. The summed E-state index contributed by atoms with van der Waals surface area (Å²) in [6.45, 7) is 6.50. The molecular weight excluding hydrogens is 216 g/mol. The Labute approximate surface area is 102 Å². The van der Waals surface area contributed by atoms with Gasteiger partial charge in [-0.2, -0.15) is 0 Å².